The van der Waals surface area contributed by atoms with Gasteiger partial charge in [-0.05, 0) is 17.9 Å². The van der Waals surface area contributed by atoms with E-state index in [0.717, 1.165) is 12.0 Å². The van der Waals surface area contributed by atoms with E-state index in [1.165, 1.54) is 0 Å². The van der Waals surface area contributed by atoms with Crippen molar-refractivity contribution >= 4 is 15.4 Å². The zero-order valence-electron chi connectivity index (χ0n) is 10.9. The van der Waals surface area contributed by atoms with E-state index in [4.69, 9.17) is 17.1 Å². The van der Waals surface area contributed by atoms with Crippen LogP contribution in [0.25, 0.3) is 0 Å². The van der Waals surface area contributed by atoms with Crippen LogP contribution >= 0.6 is 7.60 Å². The van der Waals surface area contributed by atoms with Crippen LogP contribution in [0.3, 0.4) is 0 Å². The Morgan fingerprint density at radius 2 is 2.16 bits per heavy atom. The van der Waals surface area contributed by atoms with Crippen LogP contribution < -0.4 is 0 Å². The van der Waals surface area contributed by atoms with Crippen LogP contribution in [0, 0.1) is 5.92 Å². The fourth-order valence-electron chi connectivity index (χ4n) is 2.19. The van der Waals surface area contributed by atoms with Gasteiger partial charge in [0.05, 0.1) is 18.9 Å². The molecule has 1 aromatic rings. The lowest BCUT2D eigenvalue weighted by molar-refractivity contribution is 0.0337. The number of ether oxygens (including phenoxy) is 1. The van der Waals surface area contributed by atoms with Crippen molar-refractivity contribution in [1.29, 1.82) is 0 Å². The highest BCUT2D eigenvalue weighted by molar-refractivity contribution is 7.51. The fourth-order valence-corrected chi connectivity index (χ4v) is 3.33. The van der Waals surface area contributed by atoms with E-state index in [1.54, 1.807) is 12.1 Å². The van der Waals surface area contributed by atoms with Gasteiger partial charge in [-0.1, -0.05) is 37.3 Å². The minimum atomic E-state index is -3.63. The molecule has 0 aromatic heterocycles. The van der Waals surface area contributed by atoms with Crippen molar-refractivity contribution < 1.29 is 18.7 Å². The van der Waals surface area contributed by atoms with Crippen molar-refractivity contribution in [3.05, 3.63) is 35.9 Å². The van der Waals surface area contributed by atoms with Crippen LogP contribution in [0.15, 0.2) is 30.3 Å². The third-order valence-corrected chi connectivity index (χ3v) is 4.57. The molecule has 1 unspecified atom stereocenters. The quantitative estimate of drug-likeness (QED) is 0.664. The van der Waals surface area contributed by atoms with Gasteiger partial charge >= 0.3 is 7.60 Å². The molecule has 0 spiro atoms. The molecule has 1 aromatic carbocycles. The van der Waals surface area contributed by atoms with Crippen LogP contribution in [0.2, 0.25) is 0 Å². The third kappa shape index (κ3) is 4.46. The first kappa shape index (κ1) is 14.8. The summed E-state index contributed by atoms with van der Waals surface area (Å²) in [5.41, 5.74) is 0.783. The molecule has 0 saturated carbocycles. The molecule has 1 N–H and O–H groups in total. The zero-order valence-corrected chi connectivity index (χ0v) is 11.8. The summed E-state index contributed by atoms with van der Waals surface area (Å²) in [6.45, 7) is 2.11. The molecule has 6 heteroatoms. The lowest BCUT2D eigenvalue weighted by Gasteiger charge is -2.18. The van der Waals surface area contributed by atoms with Gasteiger partial charge in [-0.3, -0.25) is 4.57 Å². The standard InChI is InChI=1S/C13H18BO4P/c1-10-7-13(14)18-12(10)8-17-19(15,16)9-11-5-3-2-4-6-11/h2-6,10,12-13H,7-9H2,1H3,(H,15,16)/t10-,12-,13-/m1/s1. The van der Waals surface area contributed by atoms with Crippen molar-refractivity contribution in [2.24, 2.45) is 5.92 Å². The summed E-state index contributed by atoms with van der Waals surface area (Å²) in [6, 6.07) is 8.83. The maximum Gasteiger partial charge on any atom is 0.332 e. The van der Waals surface area contributed by atoms with E-state index in [1.807, 2.05) is 25.1 Å². The second-order valence-electron chi connectivity index (χ2n) is 5.00. The van der Waals surface area contributed by atoms with Crippen molar-refractivity contribution in [2.45, 2.75) is 31.6 Å². The Hall–Kier alpha value is -0.605. The molecule has 1 aliphatic heterocycles. The molecular formula is C13H18BO4P. The second kappa shape index (κ2) is 6.23. The molecule has 0 aliphatic carbocycles. The predicted molar refractivity (Wildman–Crippen MR) is 74.1 cm³/mol. The Morgan fingerprint density at radius 1 is 1.47 bits per heavy atom. The molecule has 4 atom stereocenters. The van der Waals surface area contributed by atoms with Gasteiger partial charge in [-0.2, -0.15) is 0 Å². The fraction of sp³-hybridized carbons (Fsp3) is 0.538. The summed E-state index contributed by atoms with van der Waals surface area (Å²) in [7, 11) is 2.04. The maximum absolute atomic E-state index is 12.0. The van der Waals surface area contributed by atoms with E-state index in [9.17, 15) is 9.46 Å². The van der Waals surface area contributed by atoms with Crippen LogP contribution in [-0.4, -0.2) is 31.5 Å². The first-order valence-corrected chi connectivity index (χ1v) is 8.14. The topological polar surface area (TPSA) is 55.8 Å². The molecule has 102 valence electrons. The van der Waals surface area contributed by atoms with Crippen LogP contribution in [-0.2, 0) is 20.0 Å². The summed E-state index contributed by atoms with van der Waals surface area (Å²) in [6.07, 6.45) is 0.565. The van der Waals surface area contributed by atoms with Crippen molar-refractivity contribution in [3.8, 4) is 0 Å². The number of benzene rings is 1. The van der Waals surface area contributed by atoms with Crippen molar-refractivity contribution in [2.75, 3.05) is 6.61 Å². The zero-order chi connectivity index (χ0) is 13.9. The Morgan fingerprint density at radius 3 is 2.74 bits per heavy atom. The molecule has 19 heavy (non-hydrogen) atoms. The SMILES string of the molecule is [B][C@H]1C[C@@H](C)[C@@H](COP(=O)(O)Cc2ccccc2)O1. The summed E-state index contributed by atoms with van der Waals surface area (Å²) < 4.78 is 22.6. The molecule has 0 bridgehead atoms. The molecule has 1 heterocycles. The van der Waals surface area contributed by atoms with Crippen LogP contribution in [0.1, 0.15) is 18.9 Å². The number of rotatable bonds is 5. The average Bonchev–Trinajstić information content (AvgIpc) is 2.66. The first-order valence-electron chi connectivity index (χ1n) is 6.37. The summed E-state index contributed by atoms with van der Waals surface area (Å²) in [4.78, 5) is 9.83. The predicted octanol–water partition coefficient (Wildman–Crippen LogP) is 2.31. The Kier molecular flexibility index (Phi) is 4.85. The highest BCUT2D eigenvalue weighted by Gasteiger charge is 2.31. The average molecular weight is 280 g/mol. The van der Waals surface area contributed by atoms with Gasteiger partial charge in [0.15, 0.2) is 0 Å². The normalized spacial score (nSPS) is 30.1. The van der Waals surface area contributed by atoms with Gasteiger partial charge in [0.1, 0.15) is 7.85 Å². The minimum Gasteiger partial charge on any atom is -0.382 e. The van der Waals surface area contributed by atoms with E-state index >= 15 is 0 Å². The third-order valence-electron chi connectivity index (χ3n) is 3.25. The van der Waals surface area contributed by atoms with E-state index < -0.39 is 7.60 Å². The monoisotopic (exact) mass is 280 g/mol. The highest BCUT2D eigenvalue weighted by Crippen LogP contribution is 2.46. The van der Waals surface area contributed by atoms with E-state index in [-0.39, 0.29) is 30.8 Å². The molecule has 2 radical (unpaired) electrons. The van der Waals surface area contributed by atoms with E-state index in [2.05, 4.69) is 0 Å². The molecule has 1 saturated heterocycles. The molecule has 2 rings (SSSR count). The van der Waals surface area contributed by atoms with Gasteiger partial charge < -0.3 is 14.2 Å². The molecule has 1 aliphatic rings. The smallest absolute Gasteiger partial charge is 0.332 e. The highest BCUT2D eigenvalue weighted by atomic mass is 31.2. The van der Waals surface area contributed by atoms with Gasteiger partial charge in [-0.25, -0.2) is 0 Å². The van der Waals surface area contributed by atoms with E-state index in [0.29, 0.717) is 0 Å². The second-order valence-corrected chi connectivity index (χ2v) is 6.85. The molecule has 1 fully saturated rings. The van der Waals surface area contributed by atoms with Gasteiger partial charge in [-0.15, -0.1) is 0 Å². The van der Waals surface area contributed by atoms with Crippen LogP contribution in [0.5, 0.6) is 0 Å². The largest absolute Gasteiger partial charge is 0.382 e. The molecular weight excluding hydrogens is 262 g/mol. The lowest BCUT2D eigenvalue weighted by atomic mass is 9.92. The van der Waals surface area contributed by atoms with Crippen LogP contribution in [0.4, 0.5) is 0 Å². The van der Waals surface area contributed by atoms with Gasteiger partial charge in [0.2, 0.25) is 0 Å². The van der Waals surface area contributed by atoms with Gasteiger partial charge in [0, 0.05) is 6.00 Å². The van der Waals surface area contributed by atoms with Gasteiger partial charge in [0.25, 0.3) is 0 Å². The van der Waals surface area contributed by atoms with Crippen molar-refractivity contribution in [1.82, 2.24) is 0 Å². The summed E-state index contributed by atoms with van der Waals surface area (Å²) in [5, 5.41) is 0. The lowest BCUT2D eigenvalue weighted by Crippen LogP contribution is -2.20. The Bertz CT molecular complexity index is 453. The Balaban J connectivity index is 1.86. The first-order chi connectivity index (χ1) is 8.96. The Labute approximate surface area is 115 Å². The number of hydrogen-bond acceptors (Lipinski definition) is 3. The maximum atomic E-state index is 12.0. The molecule has 0 amide bonds. The number of hydrogen-bond donors (Lipinski definition) is 1. The summed E-state index contributed by atoms with van der Waals surface area (Å²) in [5.74, 6) is 0.242. The summed E-state index contributed by atoms with van der Waals surface area (Å²) >= 11 is 0. The van der Waals surface area contributed by atoms with Crippen molar-refractivity contribution in [3.63, 3.8) is 0 Å². The minimum absolute atomic E-state index is 0.0149. The molecule has 4 nitrogen and oxygen atoms in total.